The van der Waals surface area contributed by atoms with Gasteiger partial charge in [-0.3, -0.25) is 9.38 Å². The Hall–Kier alpha value is -2.37. The molecule has 0 saturated carbocycles. The van der Waals surface area contributed by atoms with E-state index in [1.807, 2.05) is 28.8 Å². The van der Waals surface area contributed by atoms with Gasteiger partial charge in [-0.1, -0.05) is 19.4 Å². The lowest BCUT2D eigenvalue weighted by atomic mass is 10.2. The molecule has 22 heavy (non-hydrogen) atoms. The van der Waals surface area contributed by atoms with Crippen LogP contribution in [0.4, 0.5) is 13.2 Å². The van der Waals surface area contributed by atoms with Gasteiger partial charge in [0.15, 0.2) is 0 Å². The van der Waals surface area contributed by atoms with Crippen LogP contribution in [-0.4, -0.2) is 14.4 Å². The average Bonchev–Trinajstić information content (AvgIpc) is 2.86. The molecule has 3 rings (SSSR count). The Morgan fingerprint density at radius 1 is 1.14 bits per heavy atom. The topological polar surface area (TPSA) is 30.2 Å². The zero-order chi connectivity index (χ0) is 15.7. The number of rotatable bonds is 3. The van der Waals surface area contributed by atoms with Gasteiger partial charge in [0.05, 0.1) is 11.2 Å². The second kappa shape index (κ2) is 5.44. The monoisotopic (exact) mass is 305 g/mol. The lowest BCUT2D eigenvalue weighted by molar-refractivity contribution is -0.141. The molecular weight excluding hydrogens is 291 g/mol. The minimum absolute atomic E-state index is 0.566. The van der Waals surface area contributed by atoms with Crippen LogP contribution in [0.1, 0.15) is 24.7 Å². The maximum absolute atomic E-state index is 12.6. The Balaban J connectivity index is 2.10. The largest absolute Gasteiger partial charge is 0.433 e. The number of aryl methyl sites for hydroxylation is 1. The first-order valence-electron chi connectivity index (χ1n) is 7.00. The standard InChI is InChI=1S/C16H14F3N3/c1-2-5-12-13-6-3-4-9-22(13)15(21-12)11-7-8-14(20-10-11)16(17,18)19/h3-4,6-10H,2,5H2,1H3. The normalized spacial score (nSPS) is 12.0. The molecule has 0 radical (unpaired) electrons. The van der Waals surface area contributed by atoms with Crippen LogP contribution < -0.4 is 0 Å². The molecule has 3 aromatic rings. The van der Waals surface area contributed by atoms with E-state index >= 15 is 0 Å². The smallest absolute Gasteiger partial charge is 0.299 e. The van der Waals surface area contributed by atoms with E-state index in [9.17, 15) is 13.2 Å². The minimum atomic E-state index is -4.43. The second-order valence-corrected chi connectivity index (χ2v) is 5.02. The third-order valence-electron chi connectivity index (χ3n) is 3.42. The summed E-state index contributed by atoms with van der Waals surface area (Å²) >= 11 is 0. The van der Waals surface area contributed by atoms with Crippen molar-refractivity contribution in [3.8, 4) is 11.4 Å². The van der Waals surface area contributed by atoms with E-state index in [4.69, 9.17) is 0 Å². The maximum atomic E-state index is 12.6. The van der Waals surface area contributed by atoms with Gasteiger partial charge in [0, 0.05) is 18.0 Å². The molecule has 3 aromatic heterocycles. The highest BCUT2D eigenvalue weighted by Crippen LogP contribution is 2.29. The van der Waals surface area contributed by atoms with E-state index in [0.29, 0.717) is 11.4 Å². The molecule has 3 heterocycles. The number of hydrogen-bond donors (Lipinski definition) is 0. The summed E-state index contributed by atoms with van der Waals surface area (Å²) in [4.78, 5) is 8.09. The Bertz CT molecular complexity index is 788. The van der Waals surface area contributed by atoms with Crippen LogP contribution in [0.3, 0.4) is 0 Å². The summed E-state index contributed by atoms with van der Waals surface area (Å²) in [6, 6.07) is 8.14. The molecule has 0 aliphatic heterocycles. The van der Waals surface area contributed by atoms with Crippen molar-refractivity contribution in [2.75, 3.05) is 0 Å². The van der Waals surface area contributed by atoms with Crippen molar-refractivity contribution in [3.63, 3.8) is 0 Å². The van der Waals surface area contributed by atoms with E-state index in [1.165, 1.54) is 12.3 Å². The molecule has 0 saturated heterocycles. The Morgan fingerprint density at radius 3 is 2.59 bits per heavy atom. The van der Waals surface area contributed by atoms with Gasteiger partial charge in [-0.15, -0.1) is 0 Å². The van der Waals surface area contributed by atoms with Crippen LogP contribution in [0, 0.1) is 0 Å². The van der Waals surface area contributed by atoms with E-state index in [0.717, 1.165) is 30.1 Å². The number of fused-ring (bicyclic) bond motifs is 1. The zero-order valence-corrected chi connectivity index (χ0v) is 11.9. The molecule has 0 aromatic carbocycles. The Morgan fingerprint density at radius 2 is 1.95 bits per heavy atom. The van der Waals surface area contributed by atoms with Crippen molar-refractivity contribution in [2.45, 2.75) is 25.9 Å². The van der Waals surface area contributed by atoms with Crippen LogP contribution in [0.2, 0.25) is 0 Å². The molecule has 0 spiro atoms. The average molecular weight is 305 g/mol. The van der Waals surface area contributed by atoms with Crippen molar-refractivity contribution in [2.24, 2.45) is 0 Å². The third kappa shape index (κ3) is 2.56. The van der Waals surface area contributed by atoms with E-state index in [2.05, 4.69) is 16.9 Å². The van der Waals surface area contributed by atoms with E-state index < -0.39 is 11.9 Å². The zero-order valence-electron chi connectivity index (χ0n) is 11.9. The predicted molar refractivity (Wildman–Crippen MR) is 77.4 cm³/mol. The number of imidazole rings is 1. The molecular formula is C16H14F3N3. The maximum Gasteiger partial charge on any atom is 0.433 e. The summed E-state index contributed by atoms with van der Waals surface area (Å²) in [7, 11) is 0. The van der Waals surface area contributed by atoms with Crippen LogP contribution in [0.15, 0.2) is 42.7 Å². The lowest BCUT2D eigenvalue weighted by Gasteiger charge is -2.06. The van der Waals surface area contributed by atoms with Gasteiger partial charge in [-0.25, -0.2) is 4.98 Å². The van der Waals surface area contributed by atoms with Gasteiger partial charge in [0.2, 0.25) is 0 Å². The molecule has 3 nitrogen and oxygen atoms in total. The van der Waals surface area contributed by atoms with Gasteiger partial charge < -0.3 is 0 Å². The molecule has 0 amide bonds. The number of aromatic nitrogens is 3. The summed E-state index contributed by atoms with van der Waals surface area (Å²) in [6.07, 6.45) is 0.420. The highest BCUT2D eigenvalue weighted by Gasteiger charge is 2.32. The first kappa shape index (κ1) is 14.6. The van der Waals surface area contributed by atoms with E-state index in [1.54, 1.807) is 0 Å². The number of pyridine rings is 2. The SMILES string of the molecule is CCCc1nc(-c2ccc(C(F)(F)F)nc2)n2ccccc12. The highest BCUT2D eigenvalue weighted by molar-refractivity contribution is 5.65. The number of alkyl halides is 3. The van der Waals surface area contributed by atoms with Gasteiger partial charge in [-0.05, 0) is 30.7 Å². The fraction of sp³-hybridized carbons (Fsp3) is 0.250. The number of nitrogens with zero attached hydrogens (tertiary/aromatic N) is 3. The van der Waals surface area contributed by atoms with Crippen LogP contribution in [0.25, 0.3) is 16.9 Å². The van der Waals surface area contributed by atoms with Crippen LogP contribution in [0.5, 0.6) is 0 Å². The number of hydrogen-bond acceptors (Lipinski definition) is 2. The summed E-state index contributed by atoms with van der Waals surface area (Å²) in [5.74, 6) is 0.611. The predicted octanol–water partition coefficient (Wildman–Crippen LogP) is 4.37. The molecule has 0 fully saturated rings. The van der Waals surface area contributed by atoms with Gasteiger partial charge >= 0.3 is 6.18 Å². The van der Waals surface area contributed by atoms with Crippen LogP contribution >= 0.6 is 0 Å². The van der Waals surface area contributed by atoms with Crippen molar-refractivity contribution in [3.05, 3.63) is 54.1 Å². The molecule has 0 aliphatic carbocycles. The fourth-order valence-electron chi connectivity index (χ4n) is 2.42. The highest BCUT2D eigenvalue weighted by atomic mass is 19.4. The van der Waals surface area contributed by atoms with Crippen molar-refractivity contribution < 1.29 is 13.2 Å². The molecule has 0 atom stereocenters. The van der Waals surface area contributed by atoms with Crippen molar-refractivity contribution >= 4 is 5.52 Å². The summed E-state index contributed by atoms with van der Waals surface area (Å²) in [6.45, 7) is 2.06. The molecule has 0 aliphatic rings. The van der Waals surface area contributed by atoms with E-state index in [-0.39, 0.29) is 0 Å². The Labute approximate surface area is 125 Å². The summed E-state index contributed by atoms with van der Waals surface area (Å²) in [5, 5.41) is 0. The molecule has 114 valence electrons. The Kier molecular flexibility index (Phi) is 3.60. The molecule has 0 unspecified atom stereocenters. The van der Waals surface area contributed by atoms with Gasteiger partial charge in [0.1, 0.15) is 11.5 Å². The molecule has 0 N–H and O–H groups in total. The number of halogens is 3. The van der Waals surface area contributed by atoms with Crippen molar-refractivity contribution in [1.29, 1.82) is 0 Å². The van der Waals surface area contributed by atoms with Crippen molar-refractivity contribution in [1.82, 2.24) is 14.4 Å². The summed E-state index contributed by atoms with van der Waals surface area (Å²) < 4.78 is 39.7. The summed E-state index contributed by atoms with van der Waals surface area (Å²) in [5.41, 5.74) is 1.58. The third-order valence-corrected chi connectivity index (χ3v) is 3.42. The fourth-order valence-corrected chi connectivity index (χ4v) is 2.42. The quantitative estimate of drug-likeness (QED) is 0.719. The molecule has 6 heteroatoms. The second-order valence-electron chi connectivity index (χ2n) is 5.02. The van der Waals surface area contributed by atoms with Gasteiger partial charge in [-0.2, -0.15) is 13.2 Å². The van der Waals surface area contributed by atoms with Gasteiger partial charge in [0.25, 0.3) is 0 Å². The van der Waals surface area contributed by atoms with Crippen LogP contribution in [-0.2, 0) is 12.6 Å². The lowest BCUT2D eigenvalue weighted by Crippen LogP contribution is -2.07. The minimum Gasteiger partial charge on any atom is -0.299 e. The first-order valence-corrected chi connectivity index (χ1v) is 7.00. The first-order chi connectivity index (χ1) is 10.5. The molecule has 0 bridgehead atoms.